The van der Waals surface area contributed by atoms with Crippen molar-refractivity contribution in [2.45, 2.75) is 0 Å². The Hall–Kier alpha value is -1.80. The maximum atomic E-state index is 11.2. The summed E-state index contributed by atoms with van der Waals surface area (Å²) in [7, 11) is 0. The molecule has 0 amide bonds. The highest BCUT2D eigenvalue weighted by Gasteiger charge is 2.01. The van der Waals surface area contributed by atoms with Crippen molar-refractivity contribution in [1.29, 1.82) is 0 Å². The van der Waals surface area contributed by atoms with Crippen LogP contribution in [0, 0.1) is 0 Å². The second-order valence-corrected chi connectivity index (χ2v) is 4.15. The van der Waals surface area contributed by atoms with Crippen LogP contribution in [0.1, 0.15) is 0 Å². The van der Waals surface area contributed by atoms with E-state index >= 15 is 0 Å². The molecule has 0 bridgehead atoms. The van der Waals surface area contributed by atoms with Crippen LogP contribution in [0.2, 0.25) is 5.02 Å². The second-order valence-electron chi connectivity index (χ2n) is 3.71. The second kappa shape index (κ2) is 3.35. The summed E-state index contributed by atoms with van der Waals surface area (Å²) in [5.74, 6) is 0. The summed E-state index contributed by atoms with van der Waals surface area (Å²) >= 11 is 5.94. The number of halogens is 1. The van der Waals surface area contributed by atoms with Gasteiger partial charge in [-0.1, -0.05) is 23.7 Å². The van der Waals surface area contributed by atoms with Crippen LogP contribution >= 0.6 is 11.6 Å². The van der Waals surface area contributed by atoms with Crippen LogP contribution in [-0.4, -0.2) is 4.98 Å². The van der Waals surface area contributed by atoms with E-state index in [0.29, 0.717) is 0 Å². The van der Waals surface area contributed by atoms with Gasteiger partial charge in [0.1, 0.15) is 0 Å². The quantitative estimate of drug-likeness (QED) is 0.590. The maximum Gasteiger partial charge on any atom is 0.248 e. The van der Waals surface area contributed by atoms with E-state index in [-0.39, 0.29) is 5.56 Å². The smallest absolute Gasteiger partial charge is 0.248 e. The lowest BCUT2D eigenvalue weighted by Gasteiger charge is -2.03. The van der Waals surface area contributed by atoms with Gasteiger partial charge >= 0.3 is 0 Å². The van der Waals surface area contributed by atoms with Gasteiger partial charge in [0.15, 0.2) is 0 Å². The summed E-state index contributed by atoms with van der Waals surface area (Å²) in [4.78, 5) is 14.0. The summed E-state index contributed by atoms with van der Waals surface area (Å²) < 4.78 is 0. The first-order valence-corrected chi connectivity index (χ1v) is 5.33. The summed E-state index contributed by atoms with van der Waals surface area (Å²) in [5.41, 5.74) is 0.767. The molecule has 0 aliphatic carbocycles. The first-order valence-electron chi connectivity index (χ1n) is 4.95. The third-order valence-electron chi connectivity index (χ3n) is 2.68. The molecule has 78 valence electrons. The van der Waals surface area contributed by atoms with E-state index in [1.807, 2.05) is 36.4 Å². The number of pyridine rings is 1. The summed E-state index contributed by atoms with van der Waals surface area (Å²) in [6, 6.07) is 13.0. The number of hydrogen-bond acceptors (Lipinski definition) is 1. The lowest BCUT2D eigenvalue weighted by molar-refractivity contribution is 1.31. The standard InChI is InChI=1S/C13H8ClNO/c14-9-2-3-10-8(7-9)1-5-12-11(10)4-6-13(16)15-12/h1-7H,(H,15,16). The Balaban J connectivity index is 2.54. The van der Waals surface area contributed by atoms with E-state index in [1.165, 1.54) is 6.07 Å². The molecule has 2 aromatic carbocycles. The third-order valence-corrected chi connectivity index (χ3v) is 2.92. The number of H-pyrrole nitrogens is 1. The van der Waals surface area contributed by atoms with Crippen molar-refractivity contribution in [2.75, 3.05) is 0 Å². The molecule has 0 aliphatic heterocycles. The largest absolute Gasteiger partial charge is 0.322 e. The molecule has 2 nitrogen and oxygen atoms in total. The van der Waals surface area contributed by atoms with Crippen molar-refractivity contribution in [3.05, 3.63) is 57.8 Å². The molecule has 0 aliphatic rings. The monoisotopic (exact) mass is 229 g/mol. The minimum atomic E-state index is -0.0826. The summed E-state index contributed by atoms with van der Waals surface area (Å²) in [5, 5.41) is 3.93. The zero-order valence-corrected chi connectivity index (χ0v) is 9.08. The molecule has 3 aromatic rings. The Morgan fingerprint density at radius 1 is 0.938 bits per heavy atom. The number of fused-ring (bicyclic) bond motifs is 3. The van der Waals surface area contributed by atoms with Gasteiger partial charge in [-0.3, -0.25) is 4.79 Å². The molecule has 0 atom stereocenters. The summed E-state index contributed by atoms with van der Waals surface area (Å²) in [6.07, 6.45) is 0. The number of nitrogens with one attached hydrogen (secondary N) is 1. The Bertz CT molecular complexity index is 746. The lowest BCUT2D eigenvalue weighted by Crippen LogP contribution is -2.02. The predicted octanol–water partition coefficient (Wildman–Crippen LogP) is 3.33. The molecular formula is C13H8ClNO. The molecule has 0 saturated heterocycles. The summed E-state index contributed by atoms with van der Waals surface area (Å²) in [6.45, 7) is 0. The number of aromatic nitrogens is 1. The van der Waals surface area contributed by atoms with Gasteiger partial charge in [-0.15, -0.1) is 0 Å². The molecule has 0 spiro atoms. The van der Waals surface area contributed by atoms with Gasteiger partial charge in [-0.05, 0) is 35.0 Å². The molecule has 0 radical (unpaired) electrons. The number of hydrogen-bond donors (Lipinski definition) is 1. The number of benzene rings is 2. The van der Waals surface area contributed by atoms with Crippen LogP contribution in [0.3, 0.4) is 0 Å². The van der Waals surface area contributed by atoms with Crippen LogP contribution in [0.15, 0.2) is 47.3 Å². The average Bonchev–Trinajstić information content (AvgIpc) is 2.28. The molecular weight excluding hydrogens is 222 g/mol. The molecule has 3 rings (SSSR count). The molecule has 3 heteroatoms. The Labute approximate surface area is 96.5 Å². The zero-order chi connectivity index (χ0) is 11.1. The van der Waals surface area contributed by atoms with Crippen molar-refractivity contribution in [1.82, 2.24) is 4.98 Å². The van der Waals surface area contributed by atoms with E-state index in [9.17, 15) is 4.79 Å². The molecule has 0 saturated carbocycles. The van der Waals surface area contributed by atoms with Gasteiger partial charge in [-0.25, -0.2) is 0 Å². The van der Waals surface area contributed by atoms with Crippen molar-refractivity contribution in [3.63, 3.8) is 0 Å². The minimum Gasteiger partial charge on any atom is -0.322 e. The van der Waals surface area contributed by atoms with Gasteiger partial charge < -0.3 is 4.98 Å². The Kier molecular flexibility index (Phi) is 1.98. The van der Waals surface area contributed by atoms with Gasteiger partial charge in [-0.2, -0.15) is 0 Å². The SMILES string of the molecule is O=c1ccc2c(ccc3cc(Cl)ccc32)[nH]1. The zero-order valence-electron chi connectivity index (χ0n) is 8.33. The molecule has 0 fully saturated rings. The first kappa shape index (κ1) is 9.43. The first-order chi connectivity index (χ1) is 7.74. The maximum absolute atomic E-state index is 11.2. The van der Waals surface area contributed by atoms with E-state index in [1.54, 1.807) is 0 Å². The number of rotatable bonds is 0. The van der Waals surface area contributed by atoms with Gasteiger partial charge in [0.25, 0.3) is 0 Å². The van der Waals surface area contributed by atoms with Crippen molar-refractivity contribution in [2.24, 2.45) is 0 Å². The molecule has 16 heavy (non-hydrogen) atoms. The topological polar surface area (TPSA) is 32.9 Å². The van der Waals surface area contributed by atoms with E-state index < -0.39 is 0 Å². The van der Waals surface area contributed by atoms with Gasteiger partial charge in [0, 0.05) is 22.0 Å². The van der Waals surface area contributed by atoms with Crippen molar-refractivity contribution < 1.29 is 0 Å². The fourth-order valence-electron chi connectivity index (χ4n) is 1.95. The normalized spacial score (nSPS) is 11.1. The Morgan fingerprint density at radius 3 is 2.62 bits per heavy atom. The highest BCUT2D eigenvalue weighted by atomic mass is 35.5. The van der Waals surface area contributed by atoms with Crippen LogP contribution in [0.25, 0.3) is 21.7 Å². The molecule has 1 aromatic heterocycles. The minimum absolute atomic E-state index is 0.0826. The van der Waals surface area contributed by atoms with E-state index in [0.717, 1.165) is 26.7 Å². The highest BCUT2D eigenvalue weighted by Crippen LogP contribution is 2.25. The van der Waals surface area contributed by atoms with Crippen molar-refractivity contribution >= 4 is 33.3 Å². The molecule has 1 N–H and O–H groups in total. The van der Waals surface area contributed by atoms with E-state index in [4.69, 9.17) is 11.6 Å². The van der Waals surface area contributed by atoms with E-state index in [2.05, 4.69) is 4.98 Å². The fraction of sp³-hybridized carbons (Fsp3) is 0. The molecule has 0 unspecified atom stereocenters. The lowest BCUT2D eigenvalue weighted by atomic mass is 10.1. The van der Waals surface area contributed by atoms with Crippen LogP contribution < -0.4 is 5.56 Å². The van der Waals surface area contributed by atoms with Crippen LogP contribution in [-0.2, 0) is 0 Å². The third kappa shape index (κ3) is 1.39. The highest BCUT2D eigenvalue weighted by molar-refractivity contribution is 6.31. The average molecular weight is 230 g/mol. The van der Waals surface area contributed by atoms with Crippen LogP contribution in [0.5, 0.6) is 0 Å². The molecule has 1 heterocycles. The number of aromatic amines is 1. The van der Waals surface area contributed by atoms with Gasteiger partial charge in [0.2, 0.25) is 5.56 Å². The predicted molar refractivity (Wildman–Crippen MR) is 67.1 cm³/mol. The van der Waals surface area contributed by atoms with Crippen molar-refractivity contribution in [3.8, 4) is 0 Å². The van der Waals surface area contributed by atoms with Crippen LogP contribution in [0.4, 0.5) is 0 Å². The fourth-order valence-corrected chi connectivity index (χ4v) is 2.13. The van der Waals surface area contributed by atoms with Gasteiger partial charge in [0.05, 0.1) is 0 Å². The Morgan fingerprint density at radius 2 is 1.75 bits per heavy atom.